The van der Waals surface area contributed by atoms with Crippen LogP contribution in [0.3, 0.4) is 0 Å². The van der Waals surface area contributed by atoms with E-state index in [1.54, 1.807) is 0 Å². The molecule has 0 unspecified atom stereocenters. The summed E-state index contributed by atoms with van der Waals surface area (Å²) in [4.78, 5) is 0. The quantitative estimate of drug-likeness (QED) is 0.778. The maximum absolute atomic E-state index is 5.88. The number of aromatic nitrogens is 2. The highest BCUT2D eigenvalue weighted by Crippen LogP contribution is 2.24. The predicted octanol–water partition coefficient (Wildman–Crippen LogP) is 3.38. The van der Waals surface area contributed by atoms with E-state index in [-0.39, 0.29) is 0 Å². The molecule has 1 fully saturated rings. The highest BCUT2D eigenvalue weighted by Gasteiger charge is 2.20. The van der Waals surface area contributed by atoms with Crippen molar-refractivity contribution in [3.8, 4) is 17.0 Å². The number of benzene rings is 1. The Morgan fingerprint density at radius 1 is 1.14 bits per heavy atom. The molecule has 21 heavy (non-hydrogen) atoms. The highest BCUT2D eigenvalue weighted by atomic mass is 16.3. The molecule has 1 aliphatic rings. The van der Waals surface area contributed by atoms with Gasteiger partial charge in [-0.3, -0.25) is 0 Å². The van der Waals surface area contributed by atoms with Crippen molar-refractivity contribution in [3.05, 3.63) is 60.6 Å². The molecule has 1 aliphatic carbocycles. The van der Waals surface area contributed by atoms with E-state index in [0.717, 1.165) is 29.3 Å². The largest absolute Gasteiger partial charge is 0.460 e. The zero-order valence-corrected chi connectivity index (χ0v) is 11.7. The average Bonchev–Trinajstić information content (AvgIpc) is 3.03. The molecule has 1 N–H and O–H groups in total. The number of furan rings is 1. The minimum absolute atomic E-state index is 0.694. The monoisotopic (exact) mass is 279 g/mol. The van der Waals surface area contributed by atoms with Crippen LogP contribution in [0.2, 0.25) is 0 Å². The van der Waals surface area contributed by atoms with Crippen LogP contribution >= 0.6 is 0 Å². The second kappa shape index (κ2) is 5.22. The van der Waals surface area contributed by atoms with Crippen LogP contribution in [0.15, 0.2) is 59.3 Å². The van der Waals surface area contributed by atoms with E-state index in [4.69, 9.17) is 4.42 Å². The van der Waals surface area contributed by atoms with E-state index < -0.39 is 0 Å². The lowest BCUT2D eigenvalue weighted by Gasteiger charge is -1.99. The first kappa shape index (κ1) is 12.4. The standard InChI is InChI=1S/C17H17N3O/c1-2-4-15(5-3-1)20-12-13(10-19-20)17-9-8-16(21-17)11-18-14-6-7-14/h1-5,8-10,12,14,18H,6-7,11H2. The van der Waals surface area contributed by atoms with Gasteiger partial charge in [0, 0.05) is 12.2 Å². The van der Waals surface area contributed by atoms with Crippen LogP contribution in [0.25, 0.3) is 17.0 Å². The molecule has 4 rings (SSSR count). The number of para-hydroxylation sites is 1. The molecule has 0 atom stereocenters. The van der Waals surface area contributed by atoms with Crippen molar-refractivity contribution < 1.29 is 4.42 Å². The third-order valence-corrected chi connectivity index (χ3v) is 3.69. The van der Waals surface area contributed by atoms with E-state index in [9.17, 15) is 0 Å². The first-order valence-corrected chi connectivity index (χ1v) is 7.31. The summed E-state index contributed by atoms with van der Waals surface area (Å²) in [5.74, 6) is 1.84. The summed E-state index contributed by atoms with van der Waals surface area (Å²) < 4.78 is 7.74. The SMILES string of the molecule is c1ccc(-n2cc(-c3ccc(CNC4CC4)o3)cn2)cc1. The lowest BCUT2D eigenvalue weighted by atomic mass is 10.3. The molecule has 0 aliphatic heterocycles. The van der Waals surface area contributed by atoms with E-state index >= 15 is 0 Å². The van der Waals surface area contributed by atoms with Crippen LogP contribution in [0.4, 0.5) is 0 Å². The Hall–Kier alpha value is -2.33. The molecule has 3 aromatic rings. The minimum atomic E-state index is 0.694. The van der Waals surface area contributed by atoms with Gasteiger partial charge >= 0.3 is 0 Å². The molecule has 2 heterocycles. The molecular formula is C17H17N3O. The Morgan fingerprint density at radius 2 is 2.00 bits per heavy atom. The predicted molar refractivity (Wildman–Crippen MR) is 81.1 cm³/mol. The second-order valence-electron chi connectivity index (χ2n) is 5.43. The zero-order valence-electron chi connectivity index (χ0n) is 11.7. The topological polar surface area (TPSA) is 43.0 Å². The third kappa shape index (κ3) is 2.76. The molecule has 1 aromatic carbocycles. The summed E-state index contributed by atoms with van der Waals surface area (Å²) >= 11 is 0. The van der Waals surface area contributed by atoms with Gasteiger partial charge < -0.3 is 9.73 Å². The lowest BCUT2D eigenvalue weighted by Crippen LogP contribution is -2.14. The molecule has 106 valence electrons. The smallest absolute Gasteiger partial charge is 0.137 e. The maximum atomic E-state index is 5.88. The third-order valence-electron chi connectivity index (χ3n) is 3.69. The maximum Gasteiger partial charge on any atom is 0.137 e. The molecule has 2 aromatic heterocycles. The molecular weight excluding hydrogens is 262 g/mol. The fraction of sp³-hybridized carbons (Fsp3) is 0.235. The Bertz CT molecular complexity index is 725. The molecule has 1 saturated carbocycles. The van der Waals surface area contributed by atoms with Crippen molar-refractivity contribution in [1.82, 2.24) is 15.1 Å². The summed E-state index contributed by atoms with van der Waals surface area (Å²) in [6, 6.07) is 14.8. The van der Waals surface area contributed by atoms with E-state index in [1.165, 1.54) is 12.8 Å². The average molecular weight is 279 g/mol. The zero-order chi connectivity index (χ0) is 14.1. The van der Waals surface area contributed by atoms with Gasteiger partial charge in [0.25, 0.3) is 0 Å². The van der Waals surface area contributed by atoms with Gasteiger partial charge in [0.05, 0.1) is 24.0 Å². The molecule has 0 bridgehead atoms. The van der Waals surface area contributed by atoms with Crippen LogP contribution in [-0.4, -0.2) is 15.8 Å². The lowest BCUT2D eigenvalue weighted by molar-refractivity contribution is 0.492. The first-order valence-electron chi connectivity index (χ1n) is 7.31. The van der Waals surface area contributed by atoms with Crippen molar-refractivity contribution in [2.45, 2.75) is 25.4 Å². The number of nitrogens with one attached hydrogen (secondary N) is 1. The van der Waals surface area contributed by atoms with Crippen LogP contribution < -0.4 is 5.32 Å². The van der Waals surface area contributed by atoms with Crippen LogP contribution in [0.1, 0.15) is 18.6 Å². The summed E-state index contributed by atoms with van der Waals surface area (Å²) in [6.07, 6.45) is 6.41. The fourth-order valence-corrected chi connectivity index (χ4v) is 2.33. The highest BCUT2D eigenvalue weighted by molar-refractivity contribution is 5.56. The van der Waals surface area contributed by atoms with E-state index in [0.29, 0.717) is 6.04 Å². The molecule has 0 spiro atoms. The van der Waals surface area contributed by atoms with E-state index in [2.05, 4.69) is 10.4 Å². The van der Waals surface area contributed by atoms with Gasteiger partial charge in [0.15, 0.2) is 0 Å². The number of hydrogen-bond acceptors (Lipinski definition) is 3. The number of rotatable bonds is 5. The Balaban J connectivity index is 1.52. The van der Waals surface area contributed by atoms with Gasteiger partial charge in [0.2, 0.25) is 0 Å². The van der Waals surface area contributed by atoms with Crippen molar-refractivity contribution >= 4 is 0 Å². The molecule has 0 radical (unpaired) electrons. The number of hydrogen-bond donors (Lipinski definition) is 1. The normalized spacial score (nSPS) is 14.5. The van der Waals surface area contributed by atoms with Gasteiger partial charge in [-0.1, -0.05) is 18.2 Å². The fourth-order valence-electron chi connectivity index (χ4n) is 2.33. The second-order valence-corrected chi connectivity index (χ2v) is 5.43. The molecule has 4 heteroatoms. The van der Waals surface area contributed by atoms with Gasteiger partial charge in [-0.15, -0.1) is 0 Å². The minimum Gasteiger partial charge on any atom is -0.460 e. The molecule has 0 amide bonds. The van der Waals surface area contributed by atoms with E-state index in [1.807, 2.05) is 59.5 Å². The summed E-state index contributed by atoms with van der Waals surface area (Å²) in [5.41, 5.74) is 2.04. The number of nitrogens with zero attached hydrogens (tertiary/aromatic N) is 2. The van der Waals surface area contributed by atoms with Gasteiger partial charge in [-0.2, -0.15) is 5.10 Å². The summed E-state index contributed by atoms with van der Waals surface area (Å²) in [6.45, 7) is 0.803. The van der Waals surface area contributed by atoms with Crippen molar-refractivity contribution in [3.63, 3.8) is 0 Å². The van der Waals surface area contributed by atoms with Crippen molar-refractivity contribution in [2.24, 2.45) is 0 Å². The summed E-state index contributed by atoms with van der Waals surface area (Å²) in [5, 5.41) is 7.85. The Morgan fingerprint density at radius 3 is 2.81 bits per heavy atom. The van der Waals surface area contributed by atoms with Gasteiger partial charge in [-0.05, 0) is 37.1 Å². The molecule has 4 nitrogen and oxygen atoms in total. The van der Waals surface area contributed by atoms with Crippen LogP contribution in [0.5, 0.6) is 0 Å². The Kier molecular flexibility index (Phi) is 3.09. The Labute approximate surface area is 123 Å². The van der Waals surface area contributed by atoms with Crippen LogP contribution in [0, 0.1) is 0 Å². The van der Waals surface area contributed by atoms with Crippen LogP contribution in [-0.2, 0) is 6.54 Å². The molecule has 0 saturated heterocycles. The van der Waals surface area contributed by atoms with Gasteiger partial charge in [-0.25, -0.2) is 4.68 Å². The van der Waals surface area contributed by atoms with Gasteiger partial charge in [0.1, 0.15) is 11.5 Å². The van der Waals surface area contributed by atoms with Crippen molar-refractivity contribution in [1.29, 1.82) is 0 Å². The van der Waals surface area contributed by atoms with Crippen molar-refractivity contribution in [2.75, 3.05) is 0 Å². The first-order chi connectivity index (χ1) is 10.4. The summed E-state index contributed by atoms with van der Waals surface area (Å²) in [7, 11) is 0.